The zero-order valence-electron chi connectivity index (χ0n) is 11.2. The Bertz CT molecular complexity index is 400. The van der Waals surface area contributed by atoms with Crippen molar-refractivity contribution in [3.05, 3.63) is 24.0 Å². The van der Waals surface area contributed by atoms with Crippen molar-refractivity contribution in [3.8, 4) is 0 Å². The number of anilines is 1. The minimum absolute atomic E-state index is 0.756. The number of nitrogens with zero attached hydrogens (tertiary/aromatic N) is 2. The van der Waals surface area contributed by atoms with Gasteiger partial charge in [-0.1, -0.05) is 13.3 Å². The lowest BCUT2D eigenvalue weighted by molar-refractivity contribution is 0.569. The molecule has 0 amide bonds. The van der Waals surface area contributed by atoms with Crippen LogP contribution in [0.15, 0.2) is 18.3 Å². The first-order chi connectivity index (χ1) is 8.85. The maximum atomic E-state index is 4.46. The third kappa shape index (κ3) is 2.83. The molecule has 2 aliphatic rings. The molecule has 1 N–H and O–H groups in total. The Morgan fingerprint density at radius 1 is 1.39 bits per heavy atom. The monoisotopic (exact) mass is 245 g/mol. The van der Waals surface area contributed by atoms with E-state index in [1.807, 2.05) is 6.20 Å². The van der Waals surface area contributed by atoms with Gasteiger partial charge in [0, 0.05) is 37.6 Å². The summed E-state index contributed by atoms with van der Waals surface area (Å²) in [4.78, 5) is 6.97. The van der Waals surface area contributed by atoms with Crippen LogP contribution in [0.25, 0.3) is 0 Å². The van der Waals surface area contributed by atoms with Gasteiger partial charge in [-0.05, 0) is 37.3 Å². The Kier molecular flexibility index (Phi) is 3.50. The molecule has 3 rings (SSSR count). The SMILES string of the molecule is CCC1CCN(c2ccnc(CNC3CC3)c2)C1. The number of aromatic nitrogens is 1. The summed E-state index contributed by atoms with van der Waals surface area (Å²) in [6.45, 7) is 5.64. The number of rotatable bonds is 5. The van der Waals surface area contributed by atoms with E-state index in [4.69, 9.17) is 0 Å². The Morgan fingerprint density at radius 2 is 2.28 bits per heavy atom. The van der Waals surface area contributed by atoms with Crippen LogP contribution in [0.1, 0.15) is 38.3 Å². The molecule has 1 aromatic heterocycles. The summed E-state index contributed by atoms with van der Waals surface area (Å²) < 4.78 is 0. The van der Waals surface area contributed by atoms with Gasteiger partial charge in [0.05, 0.1) is 5.69 Å². The molecule has 0 bridgehead atoms. The Balaban J connectivity index is 1.62. The topological polar surface area (TPSA) is 28.2 Å². The third-order valence-electron chi connectivity index (χ3n) is 4.18. The molecule has 18 heavy (non-hydrogen) atoms. The molecule has 0 radical (unpaired) electrons. The van der Waals surface area contributed by atoms with Gasteiger partial charge in [0.2, 0.25) is 0 Å². The molecular weight excluding hydrogens is 222 g/mol. The first-order valence-electron chi connectivity index (χ1n) is 7.28. The summed E-state index contributed by atoms with van der Waals surface area (Å²) in [6.07, 6.45) is 7.28. The first-order valence-corrected chi connectivity index (χ1v) is 7.28. The largest absolute Gasteiger partial charge is 0.371 e. The van der Waals surface area contributed by atoms with Gasteiger partial charge in [-0.25, -0.2) is 0 Å². The summed E-state index contributed by atoms with van der Waals surface area (Å²) in [7, 11) is 0. The van der Waals surface area contributed by atoms with Gasteiger partial charge in [-0.2, -0.15) is 0 Å². The minimum atomic E-state index is 0.756. The molecular formula is C15H23N3. The highest BCUT2D eigenvalue weighted by Gasteiger charge is 2.22. The fraction of sp³-hybridized carbons (Fsp3) is 0.667. The molecule has 1 atom stereocenters. The van der Waals surface area contributed by atoms with Gasteiger partial charge < -0.3 is 10.2 Å². The molecule has 1 saturated carbocycles. The number of hydrogen-bond donors (Lipinski definition) is 1. The van der Waals surface area contributed by atoms with Crippen LogP contribution >= 0.6 is 0 Å². The summed E-state index contributed by atoms with van der Waals surface area (Å²) in [5.74, 6) is 0.881. The smallest absolute Gasteiger partial charge is 0.0562 e. The van der Waals surface area contributed by atoms with Crippen LogP contribution in [-0.4, -0.2) is 24.1 Å². The molecule has 1 aliphatic carbocycles. The molecule has 1 aliphatic heterocycles. The lowest BCUT2D eigenvalue weighted by atomic mass is 10.1. The fourth-order valence-corrected chi connectivity index (χ4v) is 2.70. The van der Waals surface area contributed by atoms with E-state index in [9.17, 15) is 0 Å². The maximum absolute atomic E-state index is 4.46. The van der Waals surface area contributed by atoms with Gasteiger partial charge >= 0.3 is 0 Å². The van der Waals surface area contributed by atoms with Crippen LogP contribution in [0, 0.1) is 5.92 Å². The van der Waals surface area contributed by atoms with Crippen molar-refractivity contribution in [2.45, 2.75) is 45.2 Å². The van der Waals surface area contributed by atoms with Gasteiger partial charge in [0.1, 0.15) is 0 Å². The van der Waals surface area contributed by atoms with Gasteiger partial charge in [-0.15, -0.1) is 0 Å². The maximum Gasteiger partial charge on any atom is 0.0562 e. The Labute approximate surface area is 110 Å². The predicted molar refractivity (Wildman–Crippen MR) is 74.7 cm³/mol. The van der Waals surface area contributed by atoms with Crippen LogP contribution in [0.2, 0.25) is 0 Å². The van der Waals surface area contributed by atoms with E-state index < -0.39 is 0 Å². The van der Waals surface area contributed by atoms with Crippen molar-refractivity contribution in [2.75, 3.05) is 18.0 Å². The van der Waals surface area contributed by atoms with Crippen molar-refractivity contribution >= 4 is 5.69 Å². The van der Waals surface area contributed by atoms with Crippen LogP contribution in [-0.2, 0) is 6.54 Å². The summed E-state index contributed by atoms with van der Waals surface area (Å²) >= 11 is 0. The van der Waals surface area contributed by atoms with E-state index in [2.05, 4.69) is 34.3 Å². The lowest BCUT2D eigenvalue weighted by Gasteiger charge is -2.19. The third-order valence-corrected chi connectivity index (χ3v) is 4.18. The quantitative estimate of drug-likeness (QED) is 0.864. The lowest BCUT2D eigenvalue weighted by Crippen LogP contribution is -2.21. The van der Waals surface area contributed by atoms with E-state index in [0.717, 1.165) is 18.5 Å². The van der Waals surface area contributed by atoms with Gasteiger partial charge in [0.25, 0.3) is 0 Å². The summed E-state index contributed by atoms with van der Waals surface area (Å²) in [5, 5.41) is 3.53. The predicted octanol–water partition coefficient (Wildman–Crippen LogP) is 2.57. The normalized spacial score (nSPS) is 23.6. The Morgan fingerprint density at radius 3 is 3.00 bits per heavy atom. The van der Waals surface area contributed by atoms with Crippen molar-refractivity contribution in [2.24, 2.45) is 5.92 Å². The molecule has 2 fully saturated rings. The van der Waals surface area contributed by atoms with Crippen molar-refractivity contribution in [3.63, 3.8) is 0 Å². The second kappa shape index (κ2) is 5.27. The molecule has 0 aromatic carbocycles. The number of nitrogens with one attached hydrogen (secondary N) is 1. The first kappa shape index (κ1) is 12.0. The Hall–Kier alpha value is -1.09. The molecule has 3 heteroatoms. The molecule has 0 spiro atoms. The van der Waals surface area contributed by atoms with E-state index in [1.165, 1.54) is 50.2 Å². The zero-order chi connectivity index (χ0) is 12.4. The second-order valence-corrected chi connectivity index (χ2v) is 5.67. The molecule has 3 nitrogen and oxygen atoms in total. The second-order valence-electron chi connectivity index (χ2n) is 5.67. The zero-order valence-corrected chi connectivity index (χ0v) is 11.2. The fourth-order valence-electron chi connectivity index (χ4n) is 2.70. The molecule has 1 saturated heterocycles. The van der Waals surface area contributed by atoms with Gasteiger partial charge in [-0.3, -0.25) is 4.98 Å². The van der Waals surface area contributed by atoms with Crippen LogP contribution in [0.5, 0.6) is 0 Å². The molecule has 1 unspecified atom stereocenters. The highest BCUT2D eigenvalue weighted by Crippen LogP contribution is 2.26. The van der Waals surface area contributed by atoms with Crippen molar-refractivity contribution in [1.29, 1.82) is 0 Å². The van der Waals surface area contributed by atoms with Crippen molar-refractivity contribution < 1.29 is 0 Å². The summed E-state index contributed by atoms with van der Waals surface area (Å²) in [6, 6.07) is 5.17. The van der Waals surface area contributed by atoms with Crippen molar-refractivity contribution in [1.82, 2.24) is 10.3 Å². The minimum Gasteiger partial charge on any atom is -0.371 e. The van der Waals surface area contributed by atoms with Crippen LogP contribution < -0.4 is 10.2 Å². The highest BCUT2D eigenvalue weighted by atomic mass is 15.2. The highest BCUT2D eigenvalue weighted by molar-refractivity contribution is 5.47. The average Bonchev–Trinajstić information content (AvgIpc) is 3.12. The average molecular weight is 245 g/mol. The summed E-state index contributed by atoms with van der Waals surface area (Å²) in [5.41, 5.74) is 2.54. The van der Waals surface area contributed by atoms with Crippen LogP contribution in [0.3, 0.4) is 0 Å². The van der Waals surface area contributed by atoms with E-state index >= 15 is 0 Å². The number of hydrogen-bond acceptors (Lipinski definition) is 3. The van der Waals surface area contributed by atoms with Gasteiger partial charge in [0.15, 0.2) is 0 Å². The van der Waals surface area contributed by atoms with E-state index in [-0.39, 0.29) is 0 Å². The standard InChI is InChI=1S/C15H23N3/c1-2-12-6-8-18(11-12)15-5-7-16-14(9-15)10-17-13-3-4-13/h5,7,9,12-13,17H,2-4,6,8,10-11H2,1H3. The molecule has 1 aromatic rings. The van der Waals surface area contributed by atoms with E-state index in [0.29, 0.717) is 0 Å². The number of pyridine rings is 1. The molecule has 98 valence electrons. The molecule has 2 heterocycles. The van der Waals surface area contributed by atoms with Crippen LogP contribution in [0.4, 0.5) is 5.69 Å². The van der Waals surface area contributed by atoms with E-state index in [1.54, 1.807) is 0 Å².